The van der Waals surface area contributed by atoms with Gasteiger partial charge in [0.25, 0.3) is 0 Å². The Hall–Kier alpha value is -2.53. The molecule has 21 heavy (non-hydrogen) atoms. The Kier molecular flexibility index (Phi) is 2.79. The van der Waals surface area contributed by atoms with Gasteiger partial charge in [0.15, 0.2) is 0 Å². The molecule has 0 N–H and O–H groups in total. The standard InChI is InChI=1S/C16H9FN2OS/c17-10-5-7-18-12(9-10)16-19-15-11-3-1-2-4-13(11)20-8-6-14(15)21-16/h1-9H. The molecule has 0 radical (unpaired) electrons. The van der Waals surface area contributed by atoms with Crippen LogP contribution in [0.3, 0.4) is 0 Å². The van der Waals surface area contributed by atoms with Gasteiger partial charge in [0, 0.05) is 17.8 Å². The average Bonchev–Trinajstić information content (AvgIpc) is 2.84. The first-order valence-electron chi connectivity index (χ1n) is 6.36. The number of halogens is 1. The third-order valence-corrected chi connectivity index (χ3v) is 4.19. The van der Waals surface area contributed by atoms with Crippen LogP contribution in [0.25, 0.3) is 28.0 Å². The fourth-order valence-corrected chi connectivity index (χ4v) is 3.14. The summed E-state index contributed by atoms with van der Waals surface area (Å²) in [6, 6.07) is 10.4. The molecule has 4 rings (SSSR count). The Morgan fingerprint density at radius 1 is 1.14 bits per heavy atom. The zero-order chi connectivity index (χ0) is 14.2. The summed E-state index contributed by atoms with van der Waals surface area (Å²) >= 11 is 1.47. The van der Waals surface area contributed by atoms with E-state index in [2.05, 4.69) is 9.97 Å². The van der Waals surface area contributed by atoms with Crippen molar-refractivity contribution in [3.8, 4) is 27.7 Å². The number of fused-ring (bicyclic) bond motifs is 3. The highest BCUT2D eigenvalue weighted by Crippen LogP contribution is 2.39. The van der Waals surface area contributed by atoms with Gasteiger partial charge in [-0.2, -0.15) is 0 Å². The molecule has 0 aliphatic carbocycles. The second-order valence-corrected chi connectivity index (χ2v) is 5.54. The number of hydrogen-bond donors (Lipinski definition) is 0. The van der Waals surface area contributed by atoms with Crippen molar-refractivity contribution in [2.75, 3.05) is 0 Å². The van der Waals surface area contributed by atoms with E-state index in [-0.39, 0.29) is 5.82 Å². The number of ether oxygens (including phenoxy) is 1. The third-order valence-electron chi connectivity index (χ3n) is 3.15. The molecule has 0 unspecified atom stereocenters. The van der Waals surface area contributed by atoms with E-state index >= 15 is 0 Å². The molecule has 1 aliphatic rings. The van der Waals surface area contributed by atoms with Crippen LogP contribution in [-0.4, -0.2) is 9.97 Å². The number of para-hydroxylation sites is 1. The Labute approximate surface area is 124 Å². The minimum absolute atomic E-state index is 0.315. The summed E-state index contributed by atoms with van der Waals surface area (Å²) in [7, 11) is 0. The molecule has 0 bridgehead atoms. The Morgan fingerprint density at radius 2 is 2.05 bits per heavy atom. The maximum absolute atomic E-state index is 13.3. The highest BCUT2D eigenvalue weighted by atomic mass is 32.1. The molecule has 2 aromatic heterocycles. The van der Waals surface area contributed by atoms with Gasteiger partial charge < -0.3 is 4.74 Å². The van der Waals surface area contributed by atoms with Crippen LogP contribution in [0.5, 0.6) is 5.75 Å². The zero-order valence-electron chi connectivity index (χ0n) is 10.8. The van der Waals surface area contributed by atoms with Crippen molar-refractivity contribution >= 4 is 17.4 Å². The molecule has 0 spiro atoms. The lowest BCUT2D eigenvalue weighted by Gasteiger charge is -2.03. The summed E-state index contributed by atoms with van der Waals surface area (Å²) in [5.74, 6) is 0.446. The van der Waals surface area contributed by atoms with Gasteiger partial charge in [0.05, 0.1) is 16.8 Å². The molecule has 102 valence electrons. The number of nitrogens with zero attached hydrogens (tertiary/aromatic N) is 2. The first-order chi connectivity index (χ1) is 10.3. The van der Waals surface area contributed by atoms with Gasteiger partial charge in [0.2, 0.25) is 0 Å². The van der Waals surface area contributed by atoms with E-state index in [1.54, 1.807) is 6.26 Å². The van der Waals surface area contributed by atoms with Crippen molar-refractivity contribution in [3.05, 3.63) is 59.6 Å². The van der Waals surface area contributed by atoms with Gasteiger partial charge >= 0.3 is 0 Å². The lowest BCUT2D eigenvalue weighted by molar-refractivity contribution is 0.488. The molecule has 1 aromatic carbocycles. The zero-order valence-corrected chi connectivity index (χ0v) is 11.6. The third kappa shape index (κ3) is 2.11. The van der Waals surface area contributed by atoms with Gasteiger partial charge in [-0.25, -0.2) is 9.37 Å². The van der Waals surface area contributed by atoms with Crippen molar-refractivity contribution in [2.45, 2.75) is 0 Å². The molecule has 1 aliphatic heterocycles. The number of benzene rings is 1. The summed E-state index contributed by atoms with van der Waals surface area (Å²) in [5, 5.41) is 0.695. The summed E-state index contributed by atoms with van der Waals surface area (Å²) in [4.78, 5) is 9.78. The minimum atomic E-state index is -0.315. The molecule has 3 aromatic rings. The fourth-order valence-electron chi connectivity index (χ4n) is 2.20. The fraction of sp³-hybridized carbons (Fsp3) is 0. The molecular weight excluding hydrogens is 287 g/mol. The average molecular weight is 296 g/mol. The largest absolute Gasteiger partial charge is 0.464 e. The van der Waals surface area contributed by atoms with Crippen molar-refractivity contribution in [3.63, 3.8) is 0 Å². The van der Waals surface area contributed by atoms with E-state index in [0.29, 0.717) is 10.7 Å². The van der Waals surface area contributed by atoms with Gasteiger partial charge in [-0.1, -0.05) is 12.1 Å². The van der Waals surface area contributed by atoms with Crippen molar-refractivity contribution in [1.82, 2.24) is 9.97 Å². The first-order valence-corrected chi connectivity index (χ1v) is 7.18. The minimum Gasteiger partial charge on any atom is -0.464 e. The van der Waals surface area contributed by atoms with E-state index in [1.807, 2.05) is 30.3 Å². The maximum Gasteiger partial charge on any atom is 0.143 e. The summed E-state index contributed by atoms with van der Waals surface area (Å²) in [5.41, 5.74) is 2.31. The number of thiazole rings is 1. The smallest absolute Gasteiger partial charge is 0.143 e. The Bertz CT molecular complexity index is 857. The van der Waals surface area contributed by atoms with E-state index in [4.69, 9.17) is 4.74 Å². The van der Waals surface area contributed by atoms with Crippen LogP contribution in [0.4, 0.5) is 4.39 Å². The van der Waals surface area contributed by atoms with Crippen LogP contribution in [0, 0.1) is 5.82 Å². The first kappa shape index (κ1) is 12.2. The number of aromatic nitrogens is 2. The van der Waals surface area contributed by atoms with Crippen LogP contribution in [0.1, 0.15) is 4.88 Å². The van der Waals surface area contributed by atoms with Crippen molar-refractivity contribution in [2.24, 2.45) is 0 Å². The van der Waals surface area contributed by atoms with Crippen LogP contribution >= 0.6 is 11.3 Å². The molecule has 0 saturated carbocycles. The summed E-state index contributed by atoms with van der Waals surface area (Å²) < 4.78 is 18.9. The Morgan fingerprint density at radius 3 is 2.95 bits per heavy atom. The quantitative estimate of drug-likeness (QED) is 0.668. The van der Waals surface area contributed by atoms with Gasteiger partial charge in [-0.05, 0) is 24.3 Å². The number of hydrogen-bond acceptors (Lipinski definition) is 4. The summed E-state index contributed by atoms with van der Waals surface area (Å²) in [6.07, 6.45) is 4.96. The van der Waals surface area contributed by atoms with E-state index < -0.39 is 0 Å². The predicted molar refractivity (Wildman–Crippen MR) is 80.4 cm³/mol. The SMILES string of the molecule is Fc1ccnc(-c2nc3c(s2)C=COc2ccccc2-3)c1. The molecular formula is C16H9FN2OS. The molecule has 3 heterocycles. The molecule has 0 saturated heterocycles. The highest BCUT2D eigenvalue weighted by Gasteiger charge is 2.18. The van der Waals surface area contributed by atoms with Crippen LogP contribution < -0.4 is 4.74 Å². The predicted octanol–water partition coefficient (Wildman–Crippen LogP) is 4.37. The van der Waals surface area contributed by atoms with E-state index in [0.717, 1.165) is 21.9 Å². The van der Waals surface area contributed by atoms with Crippen LogP contribution in [0.2, 0.25) is 0 Å². The maximum atomic E-state index is 13.3. The van der Waals surface area contributed by atoms with Crippen molar-refractivity contribution in [1.29, 1.82) is 0 Å². The normalized spacial score (nSPS) is 12.2. The molecule has 0 atom stereocenters. The molecule has 5 heteroatoms. The highest BCUT2D eigenvalue weighted by molar-refractivity contribution is 7.16. The Balaban J connectivity index is 1.90. The topological polar surface area (TPSA) is 35.0 Å². The lowest BCUT2D eigenvalue weighted by Crippen LogP contribution is -1.87. The van der Waals surface area contributed by atoms with Gasteiger partial charge in [-0.15, -0.1) is 11.3 Å². The molecule has 0 fully saturated rings. The monoisotopic (exact) mass is 296 g/mol. The molecule has 3 nitrogen and oxygen atoms in total. The second kappa shape index (κ2) is 4.79. The van der Waals surface area contributed by atoms with Gasteiger partial charge in [-0.3, -0.25) is 4.98 Å². The van der Waals surface area contributed by atoms with Crippen LogP contribution in [-0.2, 0) is 0 Å². The van der Waals surface area contributed by atoms with Gasteiger partial charge in [0.1, 0.15) is 22.3 Å². The number of rotatable bonds is 1. The lowest BCUT2D eigenvalue weighted by atomic mass is 10.1. The molecule has 0 amide bonds. The second-order valence-electron chi connectivity index (χ2n) is 4.51. The van der Waals surface area contributed by atoms with Crippen molar-refractivity contribution < 1.29 is 9.13 Å². The van der Waals surface area contributed by atoms with Crippen LogP contribution in [0.15, 0.2) is 48.9 Å². The van der Waals surface area contributed by atoms with E-state index in [1.165, 1.54) is 29.7 Å². The van der Waals surface area contributed by atoms with E-state index in [9.17, 15) is 4.39 Å². The summed E-state index contributed by atoms with van der Waals surface area (Å²) in [6.45, 7) is 0. The number of pyridine rings is 1.